The molecule has 0 spiro atoms. The molecule has 2 aliphatic rings. The molecule has 112 valence electrons. The number of rotatable bonds is 4. The predicted octanol–water partition coefficient (Wildman–Crippen LogP) is 5.15. The van der Waals surface area contributed by atoms with E-state index >= 15 is 0 Å². The molecule has 2 rings (SSSR count). The molecule has 0 aromatic carbocycles. The Morgan fingerprint density at radius 3 is 2.32 bits per heavy atom. The van der Waals surface area contributed by atoms with Crippen molar-refractivity contribution >= 4 is 0 Å². The van der Waals surface area contributed by atoms with E-state index in [2.05, 4.69) is 33.0 Å². The average Bonchev–Trinajstić information content (AvgIpc) is 2.32. The van der Waals surface area contributed by atoms with Crippen molar-refractivity contribution in [2.45, 2.75) is 97.6 Å². The Labute approximate surface area is 120 Å². The van der Waals surface area contributed by atoms with Gasteiger partial charge in [-0.2, -0.15) is 0 Å². The van der Waals surface area contributed by atoms with Gasteiger partial charge < -0.3 is 5.32 Å². The molecule has 1 N–H and O–H groups in total. The largest absolute Gasteiger partial charge is 0.311 e. The van der Waals surface area contributed by atoms with Crippen LogP contribution in [0.5, 0.6) is 0 Å². The molecule has 0 saturated heterocycles. The lowest BCUT2D eigenvalue weighted by Gasteiger charge is -2.38. The molecule has 0 amide bonds. The second-order valence-electron chi connectivity index (χ2n) is 8.46. The van der Waals surface area contributed by atoms with Crippen molar-refractivity contribution in [2.24, 2.45) is 17.3 Å². The Morgan fingerprint density at radius 1 is 1.00 bits per heavy atom. The van der Waals surface area contributed by atoms with E-state index in [1.165, 1.54) is 57.8 Å². The number of hydrogen-bond donors (Lipinski definition) is 1. The molecule has 0 bridgehead atoms. The van der Waals surface area contributed by atoms with Gasteiger partial charge in [0.15, 0.2) is 0 Å². The Hall–Kier alpha value is -0.0400. The zero-order valence-corrected chi connectivity index (χ0v) is 13.7. The van der Waals surface area contributed by atoms with Gasteiger partial charge in [-0.3, -0.25) is 0 Å². The van der Waals surface area contributed by atoms with Crippen molar-refractivity contribution in [1.82, 2.24) is 5.32 Å². The minimum Gasteiger partial charge on any atom is -0.311 e. The van der Waals surface area contributed by atoms with E-state index in [4.69, 9.17) is 0 Å². The first kappa shape index (κ1) is 15.4. The van der Waals surface area contributed by atoms with Crippen LogP contribution in [0.2, 0.25) is 0 Å². The maximum absolute atomic E-state index is 4.00. The van der Waals surface area contributed by atoms with Crippen molar-refractivity contribution in [1.29, 1.82) is 0 Å². The van der Waals surface area contributed by atoms with Crippen molar-refractivity contribution in [3.63, 3.8) is 0 Å². The van der Waals surface area contributed by atoms with E-state index in [1.54, 1.807) is 0 Å². The normalized spacial score (nSPS) is 32.7. The second kappa shape index (κ2) is 6.61. The molecule has 0 heterocycles. The third-order valence-electron chi connectivity index (χ3n) is 5.40. The summed E-state index contributed by atoms with van der Waals surface area (Å²) in [5.74, 6) is 1.87. The summed E-state index contributed by atoms with van der Waals surface area (Å²) in [6.07, 6.45) is 12.9. The summed E-state index contributed by atoms with van der Waals surface area (Å²) in [7, 11) is 0. The first-order chi connectivity index (χ1) is 8.94. The summed E-state index contributed by atoms with van der Waals surface area (Å²) in [5.41, 5.74) is 0.602. The number of nitrogens with one attached hydrogen (secondary N) is 1. The maximum atomic E-state index is 4.00. The molecule has 2 fully saturated rings. The third kappa shape index (κ3) is 5.10. The van der Waals surface area contributed by atoms with Gasteiger partial charge in [-0.25, -0.2) is 0 Å². The van der Waals surface area contributed by atoms with E-state index < -0.39 is 0 Å². The van der Waals surface area contributed by atoms with Crippen molar-refractivity contribution in [3.05, 3.63) is 0 Å². The molecule has 0 radical (unpaired) electrons. The summed E-state index contributed by atoms with van der Waals surface area (Å²) < 4.78 is 0. The predicted molar refractivity (Wildman–Crippen MR) is 84.4 cm³/mol. The van der Waals surface area contributed by atoms with Gasteiger partial charge in [0, 0.05) is 12.1 Å². The fourth-order valence-electron chi connectivity index (χ4n) is 4.22. The molecule has 1 heteroatoms. The lowest BCUT2D eigenvalue weighted by Crippen LogP contribution is -2.43. The first-order valence-corrected chi connectivity index (χ1v) is 8.71. The summed E-state index contributed by atoms with van der Waals surface area (Å²) >= 11 is 0. The first-order valence-electron chi connectivity index (χ1n) is 8.71. The Bertz CT molecular complexity index is 259. The van der Waals surface area contributed by atoms with Crippen LogP contribution in [0.4, 0.5) is 0 Å². The monoisotopic (exact) mass is 265 g/mol. The van der Waals surface area contributed by atoms with Crippen molar-refractivity contribution in [3.8, 4) is 0 Å². The fraction of sp³-hybridized carbons (Fsp3) is 1.00. The molecular formula is C18H35N. The summed E-state index contributed by atoms with van der Waals surface area (Å²) in [6.45, 7) is 9.62. The standard InChI is InChI=1S/C18H35N/c1-14(2)12-15-6-5-7-17(13-15)19-16-8-10-18(3,4)11-9-16/h14-17,19H,5-13H2,1-4H3. The van der Waals surface area contributed by atoms with Crippen LogP contribution in [-0.4, -0.2) is 12.1 Å². The van der Waals surface area contributed by atoms with Gasteiger partial charge in [-0.1, -0.05) is 40.5 Å². The van der Waals surface area contributed by atoms with E-state index in [0.29, 0.717) is 5.41 Å². The van der Waals surface area contributed by atoms with Crippen LogP contribution < -0.4 is 5.32 Å². The van der Waals surface area contributed by atoms with Crippen LogP contribution >= 0.6 is 0 Å². The fourth-order valence-corrected chi connectivity index (χ4v) is 4.22. The van der Waals surface area contributed by atoms with Crippen LogP contribution in [0.15, 0.2) is 0 Å². The molecule has 1 nitrogen and oxygen atoms in total. The quantitative estimate of drug-likeness (QED) is 0.741. The minimum absolute atomic E-state index is 0.602. The smallest absolute Gasteiger partial charge is 0.00722 e. The van der Waals surface area contributed by atoms with Gasteiger partial charge >= 0.3 is 0 Å². The minimum atomic E-state index is 0.602. The van der Waals surface area contributed by atoms with Gasteiger partial charge in [-0.15, -0.1) is 0 Å². The lowest BCUT2D eigenvalue weighted by atomic mass is 9.75. The molecule has 0 aromatic rings. The van der Waals surface area contributed by atoms with E-state index in [0.717, 1.165) is 23.9 Å². The second-order valence-corrected chi connectivity index (χ2v) is 8.46. The van der Waals surface area contributed by atoms with Gasteiger partial charge in [0.1, 0.15) is 0 Å². The van der Waals surface area contributed by atoms with Gasteiger partial charge in [0.25, 0.3) is 0 Å². The highest BCUT2D eigenvalue weighted by Gasteiger charge is 2.29. The van der Waals surface area contributed by atoms with Crippen LogP contribution in [0.25, 0.3) is 0 Å². The number of hydrogen-bond acceptors (Lipinski definition) is 1. The molecular weight excluding hydrogens is 230 g/mol. The van der Waals surface area contributed by atoms with Crippen LogP contribution in [0, 0.1) is 17.3 Å². The molecule has 0 aromatic heterocycles. The van der Waals surface area contributed by atoms with Crippen LogP contribution in [-0.2, 0) is 0 Å². The highest BCUT2D eigenvalue weighted by molar-refractivity contribution is 4.86. The summed E-state index contributed by atoms with van der Waals surface area (Å²) in [6, 6.07) is 1.64. The van der Waals surface area contributed by atoms with Gasteiger partial charge in [0.2, 0.25) is 0 Å². The average molecular weight is 265 g/mol. The Balaban J connectivity index is 1.73. The van der Waals surface area contributed by atoms with E-state index in [1.807, 2.05) is 0 Å². The zero-order chi connectivity index (χ0) is 13.9. The van der Waals surface area contributed by atoms with E-state index in [-0.39, 0.29) is 0 Å². The Morgan fingerprint density at radius 2 is 1.68 bits per heavy atom. The zero-order valence-electron chi connectivity index (χ0n) is 13.7. The Kier molecular flexibility index (Phi) is 5.34. The highest BCUT2D eigenvalue weighted by Crippen LogP contribution is 2.36. The summed E-state index contributed by atoms with van der Waals surface area (Å²) in [5, 5.41) is 4.00. The van der Waals surface area contributed by atoms with Crippen molar-refractivity contribution in [2.75, 3.05) is 0 Å². The topological polar surface area (TPSA) is 12.0 Å². The summed E-state index contributed by atoms with van der Waals surface area (Å²) in [4.78, 5) is 0. The molecule has 0 aliphatic heterocycles. The molecule has 2 atom stereocenters. The maximum Gasteiger partial charge on any atom is 0.00722 e. The third-order valence-corrected chi connectivity index (χ3v) is 5.40. The van der Waals surface area contributed by atoms with Gasteiger partial charge in [-0.05, 0) is 62.2 Å². The van der Waals surface area contributed by atoms with Crippen LogP contribution in [0.1, 0.15) is 85.5 Å². The van der Waals surface area contributed by atoms with Crippen LogP contribution in [0.3, 0.4) is 0 Å². The molecule has 2 aliphatic carbocycles. The van der Waals surface area contributed by atoms with Crippen molar-refractivity contribution < 1.29 is 0 Å². The van der Waals surface area contributed by atoms with E-state index in [9.17, 15) is 0 Å². The molecule has 19 heavy (non-hydrogen) atoms. The highest BCUT2D eigenvalue weighted by atomic mass is 15.0. The molecule has 2 saturated carbocycles. The lowest BCUT2D eigenvalue weighted by molar-refractivity contribution is 0.175. The SMILES string of the molecule is CC(C)CC1CCCC(NC2CCC(C)(C)CC2)C1. The van der Waals surface area contributed by atoms with Gasteiger partial charge in [0.05, 0.1) is 0 Å². The molecule has 2 unspecified atom stereocenters.